The van der Waals surface area contributed by atoms with E-state index in [-0.39, 0.29) is 23.8 Å². The van der Waals surface area contributed by atoms with E-state index in [4.69, 9.17) is 32.7 Å². The Hall–Kier alpha value is -1.67. The molecule has 0 aliphatic carbocycles. The van der Waals surface area contributed by atoms with E-state index in [1.165, 1.54) is 12.0 Å². The molecule has 3 rings (SSSR count). The Morgan fingerprint density at radius 2 is 1.97 bits per heavy atom. The molecule has 1 aliphatic heterocycles. The molecule has 1 heterocycles. The fourth-order valence-corrected chi connectivity index (χ4v) is 4.91. The van der Waals surface area contributed by atoms with Crippen LogP contribution in [0.15, 0.2) is 39.7 Å². The number of hydrogen-bond donors (Lipinski definition) is 0. The smallest absolute Gasteiger partial charge is 0.293 e. The molecule has 0 N–H and O–H groups in total. The largest absolute Gasteiger partial charge is 0.493 e. The van der Waals surface area contributed by atoms with Crippen molar-refractivity contribution in [2.24, 2.45) is 0 Å². The van der Waals surface area contributed by atoms with Crippen LogP contribution in [-0.2, 0) is 11.4 Å². The summed E-state index contributed by atoms with van der Waals surface area (Å²) < 4.78 is 12.1. The molecule has 0 radical (unpaired) electrons. The van der Waals surface area contributed by atoms with Crippen LogP contribution >= 0.6 is 50.9 Å². The molecule has 164 valence electrons. The summed E-state index contributed by atoms with van der Waals surface area (Å²) in [5.41, 5.74) is 1.48. The van der Waals surface area contributed by atoms with Gasteiger partial charge in [-0.25, -0.2) is 0 Å². The lowest BCUT2D eigenvalue weighted by atomic mass is 10.1. The number of amides is 2. The lowest BCUT2D eigenvalue weighted by Gasteiger charge is -2.19. The summed E-state index contributed by atoms with van der Waals surface area (Å²) in [5.74, 6) is 0.697. The minimum atomic E-state index is -0.280. The maximum Gasteiger partial charge on any atom is 0.293 e. The maximum atomic E-state index is 12.7. The van der Waals surface area contributed by atoms with Crippen LogP contribution in [0.3, 0.4) is 0 Å². The summed E-state index contributed by atoms with van der Waals surface area (Å²) in [7, 11) is 1.53. The summed E-state index contributed by atoms with van der Waals surface area (Å²) in [6.07, 6.45) is 2.38. The molecule has 31 heavy (non-hydrogen) atoms. The van der Waals surface area contributed by atoms with E-state index >= 15 is 0 Å². The summed E-state index contributed by atoms with van der Waals surface area (Å²) in [5, 5.41) is 0.808. The second kappa shape index (κ2) is 10.3. The van der Waals surface area contributed by atoms with Gasteiger partial charge in [0.05, 0.1) is 16.5 Å². The van der Waals surface area contributed by atoms with Gasteiger partial charge in [0, 0.05) is 21.7 Å². The Bertz CT molecular complexity index is 1060. The second-order valence-electron chi connectivity index (χ2n) is 6.87. The van der Waals surface area contributed by atoms with E-state index in [0.29, 0.717) is 42.9 Å². The average Bonchev–Trinajstić information content (AvgIpc) is 3.00. The van der Waals surface area contributed by atoms with E-state index in [1.54, 1.807) is 36.4 Å². The highest BCUT2D eigenvalue weighted by molar-refractivity contribution is 9.10. The number of nitrogens with zero attached hydrogens (tertiary/aromatic N) is 1. The summed E-state index contributed by atoms with van der Waals surface area (Å²) in [6.45, 7) is 4.02. The van der Waals surface area contributed by atoms with Gasteiger partial charge in [0.15, 0.2) is 11.5 Å². The fourth-order valence-electron chi connectivity index (χ4n) is 2.95. The van der Waals surface area contributed by atoms with Crippen molar-refractivity contribution in [3.8, 4) is 11.5 Å². The molecular weight excluding hydrogens is 525 g/mol. The Balaban J connectivity index is 1.85. The van der Waals surface area contributed by atoms with Crippen LogP contribution in [0.2, 0.25) is 10.0 Å². The van der Waals surface area contributed by atoms with Gasteiger partial charge < -0.3 is 9.47 Å². The van der Waals surface area contributed by atoms with Crippen LogP contribution in [0.4, 0.5) is 4.79 Å². The molecule has 0 spiro atoms. The monoisotopic (exact) mass is 543 g/mol. The molecule has 1 aliphatic rings. The van der Waals surface area contributed by atoms with Crippen LogP contribution in [0, 0.1) is 0 Å². The molecule has 5 nitrogen and oxygen atoms in total. The average molecular weight is 545 g/mol. The first kappa shape index (κ1) is 24.0. The normalized spacial score (nSPS) is 16.2. The van der Waals surface area contributed by atoms with Crippen molar-refractivity contribution < 1.29 is 19.1 Å². The molecule has 0 bridgehead atoms. The molecule has 2 aromatic carbocycles. The van der Waals surface area contributed by atoms with Gasteiger partial charge in [-0.1, -0.05) is 36.2 Å². The standard InChI is InChI=1S/C22H20BrCl2NO4S/c1-4-12(2)26-21(27)19(31-22(26)28)9-13-7-16(23)20(18(8-13)29-3)30-11-14-5-6-15(24)10-17(14)25/h5-10,12H,4,11H2,1-3H3/b19-9+/t12-/m1/s1. The summed E-state index contributed by atoms with van der Waals surface area (Å²) in [4.78, 5) is 26.6. The molecule has 1 fully saturated rings. The first-order valence-electron chi connectivity index (χ1n) is 9.46. The van der Waals surface area contributed by atoms with Crippen molar-refractivity contribution in [2.75, 3.05) is 7.11 Å². The second-order valence-corrected chi connectivity index (χ2v) is 9.56. The number of carbonyl (C=O) groups is 2. The van der Waals surface area contributed by atoms with E-state index in [9.17, 15) is 9.59 Å². The van der Waals surface area contributed by atoms with E-state index in [0.717, 1.165) is 17.3 Å². The van der Waals surface area contributed by atoms with Gasteiger partial charge in [-0.3, -0.25) is 14.5 Å². The Morgan fingerprint density at radius 1 is 1.23 bits per heavy atom. The van der Waals surface area contributed by atoms with Crippen molar-refractivity contribution in [1.29, 1.82) is 0 Å². The zero-order chi connectivity index (χ0) is 22.7. The molecule has 0 saturated carbocycles. The third-order valence-corrected chi connectivity index (χ3v) is 6.85. The highest BCUT2D eigenvalue weighted by Gasteiger charge is 2.37. The predicted molar refractivity (Wildman–Crippen MR) is 129 cm³/mol. The van der Waals surface area contributed by atoms with Crippen LogP contribution in [0.1, 0.15) is 31.4 Å². The lowest BCUT2D eigenvalue weighted by molar-refractivity contribution is -0.124. The van der Waals surface area contributed by atoms with E-state index < -0.39 is 0 Å². The van der Waals surface area contributed by atoms with Crippen LogP contribution in [0.5, 0.6) is 11.5 Å². The van der Waals surface area contributed by atoms with Gasteiger partial charge in [0.2, 0.25) is 0 Å². The first-order chi connectivity index (χ1) is 14.7. The van der Waals surface area contributed by atoms with E-state index in [1.807, 2.05) is 13.8 Å². The van der Waals surface area contributed by atoms with Gasteiger partial charge in [0.25, 0.3) is 11.1 Å². The topological polar surface area (TPSA) is 55.8 Å². The number of hydrogen-bond acceptors (Lipinski definition) is 5. The minimum Gasteiger partial charge on any atom is -0.493 e. The van der Waals surface area contributed by atoms with Crippen LogP contribution in [-0.4, -0.2) is 29.2 Å². The van der Waals surface area contributed by atoms with Gasteiger partial charge >= 0.3 is 0 Å². The maximum absolute atomic E-state index is 12.7. The molecule has 1 atom stereocenters. The van der Waals surface area contributed by atoms with Crippen molar-refractivity contribution in [2.45, 2.75) is 32.9 Å². The van der Waals surface area contributed by atoms with Gasteiger partial charge in [-0.05, 0) is 76.9 Å². The third kappa shape index (κ3) is 5.40. The molecule has 0 aromatic heterocycles. The highest BCUT2D eigenvalue weighted by atomic mass is 79.9. The zero-order valence-corrected chi connectivity index (χ0v) is 21.0. The number of rotatable bonds is 7. The number of methoxy groups -OCH3 is 1. The molecule has 1 saturated heterocycles. The Morgan fingerprint density at radius 3 is 2.61 bits per heavy atom. The first-order valence-corrected chi connectivity index (χ1v) is 11.8. The van der Waals surface area contributed by atoms with Crippen molar-refractivity contribution >= 4 is 68.1 Å². The van der Waals surface area contributed by atoms with Crippen molar-refractivity contribution in [3.05, 3.63) is 60.9 Å². The zero-order valence-electron chi connectivity index (χ0n) is 17.1. The fraction of sp³-hybridized carbons (Fsp3) is 0.273. The lowest BCUT2D eigenvalue weighted by Crippen LogP contribution is -2.36. The van der Waals surface area contributed by atoms with Crippen LogP contribution in [0.25, 0.3) is 6.08 Å². The predicted octanol–water partition coefficient (Wildman–Crippen LogP) is 7.18. The molecule has 2 aromatic rings. The van der Waals surface area contributed by atoms with E-state index in [2.05, 4.69) is 15.9 Å². The van der Waals surface area contributed by atoms with Crippen molar-refractivity contribution in [3.63, 3.8) is 0 Å². The number of thioether (sulfide) groups is 1. The number of benzene rings is 2. The van der Waals surface area contributed by atoms with Gasteiger partial charge in [0.1, 0.15) is 6.61 Å². The van der Waals surface area contributed by atoms with Crippen molar-refractivity contribution in [1.82, 2.24) is 4.90 Å². The van der Waals surface area contributed by atoms with Gasteiger partial charge in [-0.2, -0.15) is 0 Å². The number of carbonyl (C=O) groups excluding carboxylic acids is 2. The minimum absolute atomic E-state index is 0.143. The SMILES string of the molecule is CC[C@@H](C)N1C(=O)S/C(=C/c2cc(Br)c(OCc3ccc(Cl)cc3Cl)c(OC)c2)C1=O. The summed E-state index contributed by atoms with van der Waals surface area (Å²) in [6, 6.07) is 8.61. The number of ether oxygens (including phenoxy) is 2. The quantitative estimate of drug-likeness (QED) is 0.345. The molecule has 0 unspecified atom stereocenters. The number of imide groups is 1. The Kier molecular flexibility index (Phi) is 7.97. The Labute approximate surface area is 203 Å². The molecule has 9 heteroatoms. The molecule has 2 amide bonds. The van der Waals surface area contributed by atoms with Gasteiger partial charge in [-0.15, -0.1) is 0 Å². The highest BCUT2D eigenvalue weighted by Crippen LogP contribution is 2.40. The summed E-state index contributed by atoms with van der Waals surface area (Å²) >= 11 is 16.6. The third-order valence-electron chi connectivity index (χ3n) is 4.79. The van der Waals surface area contributed by atoms with Crippen LogP contribution < -0.4 is 9.47 Å². The number of halogens is 3. The molecular formula is C22H20BrCl2NO4S.